The molecule has 1 atom stereocenters. The van der Waals surface area contributed by atoms with Crippen molar-refractivity contribution in [1.82, 2.24) is 4.90 Å². The van der Waals surface area contributed by atoms with Gasteiger partial charge in [0.05, 0.1) is 11.5 Å². The van der Waals surface area contributed by atoms with Crippen LogP contribution in [0.25, 0.3) is 0 Å². The molecule has 0 aliphatic rings. The molecule has 1 N–H and O–H groups in total. The Hall–Kier alpha value is -2.51. The van der Waals surface area contributed by atoms with Gasteiger partial charge in [0, 0.05) is 24.3 Å². The van der Waals surface area contributed by atoms with Crippen molar-refractivity contribution in [2.24, 2.45) is 0 Å². The average Bonchev–Trinajstić information content (AvgIpc) is 2.69. The van der Waals surface area contributed by atoms with E-state index in [1.807, 2.05) is 30.3 Å². The first-order chi connectivity index (χ1) is 13.8. The highest BCUT2D eigenvalue weighted by Gasteiger charge is 2.21. The van der Waals surface area contributed by atoms with Crippen LogP contribution >= 0.6 is 23.4 Å². The largest absolute Gasteiger partial charge is 0.452 e. The van der Waals surface area contributed by atoms with Gasteiger partial charge in [0.25, 0.3) is 5.91 Å². The molecule has 0 bridgehead atoms. The van der Waals surface area contributed by atoms with Crippen LogP contribution in [0.15, 0.2) is 54.6 Å². The maximum absolute atomic E-state index is 12.4. The number of nitrogens with zero attached hydrogens (tertiary/aromatic N) is 1. The van der Waals surface area contributed by atoms with E-state index in [-0.39, 0.29) is 23.3 Å². The number of thioether (sulfide) groups is 1. The minimum absolute atomic E-state index is 0.0198. The van der Waals surface area contributed by atoms with E-state index in [0.29, 0.717) is 17.3 Å². The average molecular weight is 435 g/mol. The van der Waals surface area contributed by atoms with Gasteiger partial charge >= 0.3 is 5.97 Å². The second kappa shape index (κ2) is 11.5. The predicted molar refractivity (Wildman–Crippen MR) is 116 cm³/mol. The van der Waals surface area contributed by atoms with E-state index >= 15 is 0 Å². The zero-order valence-electron chi connectivity index (χ0n) is 16.3. The van der Waals surface area contributed by atoms with E-state index < -0.39 is 12.1 Å². The van der Waals surface area contributed by atoms with Gasteiger partial charge in [0.1, 0.15) is 0 Å². The van der Waals surface area contributed by atoms with E-state index in [2.05, 4.69) is 5.32 Å². The Morgan fingerprint density at radius 1 is 1.07 bits per heavy atom. The number of amides is 2. The first kappa shape index (κ1) is 22.8. The maximum Gasteiger partial charge on any atom is 0.316 e. The molecule has 29 heavy (non-hydrogen) atoms. The van der Waals surface area contributed by atoms with Crippen molar-refractivity contribution in [3.8, 4) is 0 Å². The molecule has 2 aromatic rings. The Labute approximate surface area is 179 Å². The number of ether oxygens (including phenoxy) is 1. The molecule has 0 aromatic heterocycles. The molecule has 6 nitrogen and oxygen atoms in total. The lowest BCUT2D eigenvalue weighted by molar-refractivity contribution is -0.156. The van der Waals surface area contributed by atoms with Gasteiger partial charge in [-0.2, -0.15) is 0 Å². The van der Waals surface area contributed by atoms with Crippen molar-refractivity contribution >= 4 is 46.8 Å². The molecule has 0 saturated carbocycles. The van der Waals surface area contributed by atoms with Crippen LogP contribution in [0.4, 0.5) is 5.69 Å². The van der Waals surface area contributed by atoms with E-state index in [9.17, 15) is 14.4 Å². The second-order valence-corrected chi connectivity index (χ2v) is 7.78. The van der Waals surface area contributed by atoms with Gasteiger partial charge in [-0.05, 0) is 36.8 Å². The fourth-order valence-corrected chi connectivity index (χ4v) is 3.20. The highest BCUT2D eigenvalue weighted by Crippen LogP contribution is 2.14. The number of esters is 1. The monoisotopic (exact) mass is 434 g/mol. The normalized spacial score (nSPS) is 11.4. The van der Waals surface area contributed by atoms with Crippen molar-refractivity contribution in [3.05, 3.63) is 65.2 Å². The number of carbonyl (C=O) groups excluding carboxylic acids is 3. The molecule has 0 aliphatic carbocycles. The van der Waals surface area contributed by atoms with Crippen LogP contribution < -0.4 is 5.32 Å². The van der Waals surface area contributed by atoms with Gasteiger partial charge in [-0.3, -0.25) is 14.4 Å². The summed E-state index contributed by atoms with van der Waals surface area (Å²) in [6, 6.07) is 16.3. The Balaban J connectivity index is 1.68. The Morgan fingerprint density at radius 2 is 1.72 bits per heavy atom. The standard InChI is InChI=1S/C21H23ClN2O4S/c1-15(21(27)24(2)12-16-6-4-3-5-7-16)28-20(26)14-29-13-19(25)23-18-10-8-17(22)9-11-18/h3-11,15H,12-14H2,1-2H3,(H,23,25)/t15-/m0/s1. The topological polar surface area (TPSA) is 75.7 Å². The van der Waals surface area contributed by atoms with Gasteiger partial charge in [-0.15, -0.1) is 11.8 Å². The molecule has 8 heteroatoms. The molecule has 154 valence electrons. The smallest absolute Gasteiger partial charge is 0.316 e. The molecule has 0 heterocycles. The second-order valence-electron chi connectivity index (χ2n) is 6.36. The van der Waals surface area contributed by atoms with Gasteiger partial charge in [-0.25, -0.2) is 0 Å². The van der Waals surface area contributed by atoms with Crippen LogP contribution in [0, 0.1) is 0 Å². The highest BCUT2D eigenvalue weighted by molar-refractivity contribution is 8.00. The lowest BCUT2D eigenvalue weighted by atomic mass is 10.2. The quantitative estimate of drug-likeness (QED) is 0.610. The van der Waals surface area contributed by atoms with Crippen LogP contribution in [-0.2, 0) is 25.7 Å². The zero-order chi connectivity index (χ0) is 21.2. The fourth-order valence-electron chi connectivity index (χ4n) is 2.48. The van der Waals surface area contributed by atoms with E-state index in [1.54, 1.807) is 38.2 Å². The van der Waals surface area contributed by atoms with Crippen molar-refractivity contribution < 1.29 is 19.1 Å². The SMILES string of the molecule is C[C@H](OC(=O)CSCC(=O)Nc1ccc(Cl)cc1)C(=O)N(C)Cc1ccccc1. The number of hydrogen-bond donors (Lipinski definition) is 1. The number of anilines is 1. The predicted octanol–water partition coefficient (Wildman–Crippen LogP) is 3.60. The molecule has 0 radical (unpaired) electrons. The van der Waals surface area contributed by atoms with Gasteiger partial charge in [0.15, 0.2) is 6.10 Å². The minimum atomic E-state index is -0.889. The van der Waals surface area contributed by atoms with Crippen LogP contribution in [0.3, 0.4) is 0 Å². The number of halogens is 1. The summed E-state index contributed by atoms with van der Waals surface area (Å²) in [5, 5.41) is 3.29. The van der Waals surface area contributed by atoms with Crippen molar-refractivity contribution in [1.29, 1.82) is 0 Å². The number of nitrogens with one attached hydrogen (secondary N) is 1. The third kappa shape index (κ3) is 8.17. The van der Waals surface area contributed by atoms with E-state index in [1.165, 1.54) is 4.90 Å². The molecular formula is C21H23ClN2O4S. The van der Waals surface area contributed by atoms with Crippen LogP contribution in [0.5, 0.6) is 0 Å². The summed E-state index contributed by atoms with van der Waals surface area (Å²) in [7, 11) is 1.66. The molecule has 0 spiro atoms. The fraction of sp³-hybridized carbons (Fsp3) is 0.286. The first-order valence-electron chi connectivity index (χ1n) is 8.96. The van der Waals surface area contributed by atoms with Crippen molar-refractivity contribution in [2.45, 2.75) is 19.6 Å². The van der Waals surface area contributed by atoms with E-state index in [4.69, 9.17) is 16.3 Å². The third-order valence-corrected chi connectivity index (χ3v) is 5.03. The van der Waals surface area contributed by atoms with Gasteiger partial charge < -0.3 is 15.0 Å². The number of likely N-dealkylation sites (N-methyl/N-ethyl adjacent to an activating group) is 1. The number of rotatable bonds is 9. The minimum Gasteiger partial charge on any atom is -0.452 e. The van der Waals surface area contributed by atoms with Crippen LogP contribution in [0.2, 0.25) is 5.02 Å². The summed E-state index contributed by atoms with van der Waals surface area (Å²) in [5.74, 6) is -0.991. The molecule has 0 fully saturated rings. The molecule has 0 saturated heterocycles. The van der Waals surface area contributed by atoms with Crippen LogP contribution in [-0.4, -0.2) is 47.3 Å². The summed E-state index contributed by atoms with van der Waals surface area (Å²) in [5.41, 5.74) is 1.62. The summed E-state index contributed by atoms with van der Waals surface area (Å²) >= 11 is 6.91. The summed E-state index contributed by atoms with van der Waals surface area (Å²) < 4.78 is 5.19. The van der Waals surface area contributed by atoms with Crippen LogP contribution in [0.1, 0.15) is 12.5 Å². The zero-order valence-corrected chi connectivity index (χ0v) is 17.8. The number of hydrogen-bond acceptors (Lipinski definition) is 5. The maximum atomic E-state index is 12.4. The van der Waals surface area contributed by atoms with Crippen molar-refractivity contribution in [2.75, 3.05) is 23.9 Å². The molecule has 2 amide bonds. The lowest BCUT2D eigenvalue weighted by Gasteiger charge is -2.21. The Morgan fingerprint density at radius 3 is 2.38 bits per heavy atom. The molecule has 2 aromatic carbocycles. The summed E-state index contributed by atoms with van der Waals surface area (Å²) in [4.78, 5) is 37.7. The third-order valence-electron chi connectivity index (χ3n) is 3.88. The molecule has 0 aliphatic heterocycles. The van der Waals surface area contributed by atoms with Gasteiger partial charge in [-0.1, -0.05) is 41.9 Å². The lowest BCUT2D eigenvalue weighted by Crippen LogP contribution is -2.37. The van der Waals surface area contributed by atoms with E-state index in [0.717, 1.165) is 17.3 Å². The highest BCUT2D eigenvalue weighted by atomic mass is 35.5. The number of benzene rings is 2. The van der Waals surface area contributed by atoms with Gasteiger partial charge in [0.2, 0.25) is 5.91 Å². The Kier molecular flexibility index (Phi) is 9.02. The molecule has 2 rings (SSSR count). The molecule has 0 unspecified atom stereocenters. The summed E-state index contributed by atoms with van der Waals surface area (Å²) in [6.07, 6.45) is -0.889. The molecular weight excluding hydrogens is 412 g/mol. The summed E-state index contributed by atoms with van der Waals surface area (Å²) in [6.45, 7) is 1.97. The first-order valence-corrected chi connectivity index (χ1v) is 10.5. The number of carbonyl (C=O) groups is 3. The van der Waals surface area contributed by atoms with Crippen molar-refractivity contribution in [3.63, 3.8) is 0 Å². The Bertz CT molecular complexity index is 830.